The zero-order valence-electron chi connectivity index (χ0n) is 13.1. The monoisotopic (exact) mass is 371 g/mol. The third-order valence-corrected chi connectivity index (χ3v) is 6.06. The number of hydrogen-bond acceptors (Lipinski definition) is 4. The largest absolute Gasteiger partial charge is 0.336 e. The van der Waals surface area contributed by atoms with Gasteiger partial charge in [0, 0.05) is 18.9 Å². The summed E-state index contributed by atoms with van der Waals surface area (Å²) in [5, 5.41) is 9.65. The van der Waals surface area contributed by atoms with Gasteiger partial charge in [-0.05, 0) is 29.8 Å². The molecule has 126 valence electrons. The standard InChI is InChI=1S/C18H14ClN3O2S/c19-17-6-1-2-7-18(17)25(23,24)16-5-3-4-14(10-16)15(11-20)12-22-9-8-21-13-22/h1-10,13,15H,12H2. The average Bonchev–Trinajstić information content (AvgIpc) is 3.13. The molecule has 0 aliphatic rings. The molecule has 0 spiro atoms. The molecule has 0 amide bonds. The highest BCUT2D eigenvalue weighted by Gasteiger charge is 2.22. The molecule has 25 heavy (non-hydrogen) atoms. The minimum atomic E-state index is -3.76. The second kappa shape index (κ2) is 7.09. The summed E-state index contributed by atoms with van der Waals surface area (Å²) in [6, 6.07) is 14.9. The van der Waals surface area contributed by atoms with Gasteiger partial charge < -0.3 is 4.57 Å². The van der Waals surface area contributed by atoms with Gasteiger partial charge in [0.15, 0.2) is 0 Å². The summed E-state index contributed by atoms with van der Waals surface area (Å²) in [4.78, 5) is 4.12. The summed E-state index contributed by atoms with van der Waals surface area (Å²) in [5.41, 5.74) is 0.629. The van der Waals surface area contributed by atoms with Gasteiger partial charge in [0.2, 0.25) is 9.84 Å². The van der Waals surface area contributed by atoms with Crippen LogP contribution in [-0.4, -0.2) is 18.0 Å². The predicted octanol–water partition coefficient (Wildman–Crippen LogP) is 3.68. The van der Waals surface area contributed by atoms with Crippen LogP contribution in [0, 0.1) is 11.3 Å². The number of aromatic nitrogens is 2. The lowest BCUT2D eigenvalue weighted by molar-refractivity contribution is 0.595. The van der Waals surface area contributed by atoms with Crippen LogP contribution in [0.5, 0.6) is 0 Å². The van der Waals surface area contributed by atoms with E-state index < -0.39 is 15.8 Å². The van der Waals surface area contributed by atoms with Gasteiger partial charge in [-0.1, -0.05) is 35.9 Å². The molecule has 1 aromatic heterocycles. The van der Waals surface area contributed by atoms with E-state index in [1.807, 2.05) is 0 Å². The lowest BCUT2D eigenvalue weighted by Crippen LogP contribution is -2.08. The van der Waals surface area contributed by atoms with E-state index >= 15 is 0 Å². The highest BCUT2D eigenvalue weighted by molar-refractivity contribution is 7.91. The zero-order chi connectivity index (χ0) is 17.9. The molecule has 0 aliphatic heterocycles. The zero-order valence-corrected chi connectivity index (χ0v) is 14.7. The molecule has 5 nitrogen and oxygen atoms in total. The molecule has 0 bridgehead atoms. The van der Waals surface area contributed by atoms with Gasteiger partial charge in [0.05, 0.1) is 33.1 Å². The van der Waals surface area contributed by atoms with Gasteiger partial charge in [-0.15, -0.1) is 0 Å². The van der Waals surface area contributed by atoms with E-state index in [9.17, 15) is 13.7 Å². The molecule has 3 aromatic rings. The number of nitrogens with zero attached hydrogens (tertiary/aromatic N) is 3. The quantitative estimate of drug-likeness (QED) is 0.685. The smallest absolute Gasteiger partial charge is 0.208 e. The van der Waals surface area contributed by atoms with Crippen molar-refractivity contribution in [3.63, 3.8) is 0 Å². The Kier molecular flexibility index (Phi) is 4.88. The maximum Gasteiger partial charge on any atom is 0.208 e. The molecular weight excluding hydrogens is 358 g/mol. The number of hydrogen-bond donors (Lipinski definition) is 0. The Balaban J connectivity index is 1.99. The van der Waals surface area contributed by atoms with Crippen molar-refractivity contribution in [1.29, 1.82) is 5.26 Å². The highest BCUT2D eigenvalue weighted by atomic mass is 35.5. The van der Waals surface area contributed by atoms with E-state index in [2.05, 4.69) is 11.1 Å². The highest BCUT2D eigenvalue weighted by Crippen LogP contribution is 2.29. The van der Waals surface area contributed by atoms with Crippen LogP contribution >= 0.6 is 11.6 Å². The van der Waals surface area contributed by atoms with Crippen molar-refractivity contribution in [3.05, 3.63) is 77.8 Å². The van der Waals surface area contributed by atoms with Crippen molar-refractivity contribution in [2.24, 2.45) is 0 Å². The lowest BCUT2D eigenvalue weighted by atomic mass is 10.0. The van der Waals surface area contributed by atoms with Crippen molar-refractivity contribution in [2.45, 2.75) is 22.3 Å². The van der Waals surface area contributed by atoms with E-state index in [0.717, 1.165) is 0 Å². The maximum atomic E-state index is 12.9. The maximum absolute atomic E-state index is 12.9. The third kappa shape index (κ3) is 3.58. The Bertz CT molecular complexity index is 1020. The summed E-state index contributed by atoms with van der Waals surface area (Å²) in [6.07, 6.45) is 5.01. The van der Waals surface area contributed by atoms with Gasteiger partial charge in [0.25, 0.3) is 0 Å². The molecule has 0 saturated heterocycles. The summed E-state index contributed by atoms with van der Waals surface area (Å²) in [7, 11) is -3.76. The van der Waals surface area contributed by atoms with E-state index in [1.165, 1.54) is 24.3 Å². The third-order valence-electron chi connectivity index (χ3n) is 3.81. The van der Waals surface area contributed by atoms with Crippen LogP contribution in [-0.2, 0) is 16.4 Å². The Morgan fingerprint density at radius 3 is 2.68 bits per heavy atom. The number of imidazole rings is 1. The molecule has 3 rings (SSSR count). The van der Waals surface area contributed by atoms with Crippen LogP contribution in [0.25, 0.3) is 0 Å². The van der Waals surface area contributed by atoms with Gasteiger partial charge in [-0.25, -0.2) is 13.4 Å². The lowest BCUT2D eigenvalue weighted by Gasteiger charge is -2.12. The number of benzene rings is 2. The van der Waals surface area contributed by atoms with Crippen molar-refractivity contribution in [2.75, 3.05) is 0 Å². The molecule has 0 N–H and O–H groups in total. The summed E-state index contributed by atoms with van der Waals surface area (Å²) in [5.74, 6) is -0.490. The van der Waals surface area contributed by atoms with Crippen LogP contribution in [0.15, 0.2) is 77.0 Å². The van der Waals surface area contributed by atoms with Crippen molar-refractivity contribution < 1.29 is 8.42 Å². The van der Waals surface area contributed by atoms with E-state index in [1.54, 1.807) is 47.6 Å². The van der Waals surface area contributed by atoms with Crippen molar-refractivity contribution >= 4 is 21.4 Å². The first-order valence-electron chi connectivity index (χ1n) is 7.47. The predicted molar refractivity (Wildman–Crippen MR) is 93.9 cm³/mol. The van der Waals surface area contributed by atoms with Gasteiger partial charge >= 0.3 is 0 Å². The molecule has 1 heterocycles. The molecule has 1 unspecified atom stereocenters. The van der Waals surface area contributed by atoms with E-state index in [-0.39, 0.29) is 14.8 Å². The number of sulfone groups is 1. The second-order valence-corrected chi connectivity index (χ2v) is 7.77. The SMILES string of the molecule is N#CC(Cn1ccnc1)c1cccc(S(=O)(=O)c2ccccc2Cl)c1. The Morgan fingerprint density at radius 2 is 2.00 bits per heavy atom. The summed E-state index contributed by atoms with van der Waals surface area (Å²) >= 11 is 6.04. The number of halogens is 1. The minimum absolute atomic E-state index is 0.0527. The topological polar surface area (TPSA) is 75.8 Å². The Hall–Kier alpha value is -2.62. The summed E-state index contributed by atoms with van der Waals surface area (Å²) < 4.78 is 27.5. The molecule has 0 fully saturated rings. The average molecular weight is 372 g/mol. The van der Waals surface area contributed by atoms with E-state index in [4.69, 9.17) is 11.6 Å². The molecule has 1 atom stereocenters. The van der Waals surface area contributed by atoms with Crippen LogP contribution in [0.3, 0.4) is 0 Å². The molecule has 0 aliphatic carbocycles. The normalized spacial score (nSPS) is 12.5. The molecular formula is C18H14ClN3O2S. The minimum Gasteiger partial charge on any atom is -0.336 e. The van der Waals surface area contributed by atoms with Gasteiger partial charge in [0.1, 0.15) is 0 Å². The van der Waals surface area contributed by atoms with Crippen molar-refractivity contribution in [1.82, 2.24) is 9.55 Å². The van der Waals surface area contributed by atoms with Crippen molar-refractivity contribution in [3.8, 4) is 6.07 Å². The van der Waals surface area contributed by atoms with Crippen LogP contribution < -0.4 is 0 Å². The first kappa shape index (κ1) is 17.2. The Morgan fingerprint density at radius 1 is 1.20 bits per heavy atom. The van der Waals surface area contributed by atoms with Crippen LogP contribution in [0.1, 0.15) is 11.5 Å². The summed E-state index contributed by atoms with van der Waals surface area (Å²) in [6.45, 7) is 0.395. The number of rotatable bonds is 5. The number of nitriles is 1. The fourth-order valence-electron chi connectivity index (χ4n) is 2.51. The second-order valence-electron chi connectivity index (χ2n) is 5.45. The first-order chi connectivity index (χ1) is 12.0. The van der Waals surface area contributed by atoms with Crippen LogP contribution in [0.4, 0.5) is 0 Å². The first-order valence-corrected chi connectivity index (χ1v) is 9.33. The molecule has 2 aromatic carbocycles. The fourth-order valence-corrected chi connectivity index (χ4v) is 4.34. The van der Waals surface area contributed by atoms with Gasteiger partial charge in [-0.2, -0.15) is 5.26 Å². The fraction of sp³-hybridized carbons (Fsp3) is 0.111. The van der Waals surface area contributed by atoms with E-state index in [0.29, 0.717) is 12.1 Å². The van der Waals surface area contributed by atoms with Gasteiger partial charge in [-0.3, -0.25) is 0 Å². The van der Waals surface area contributed by atoms with Crippen LogP contribution in [0.2, 0.25) is 5.02 Å². The molecule has 0 radical (unpaired) electrons. The molecule has 7 heteroatoms. The molecule has 0 saturated carbocycles. The Labute approximate surface area is 151 Å².